The molecule has 1 aromatic carbocycles. The number of hydrogen-bond donors (Lipinski definition) is 0. The van der Waals surface area contributed by atoms with Gasteiger partial charge in [-0.05, 0) is 12.1 Å². The van der Waals surface area contributed by atoms with Gasteiger partial charge in [0.2, 0.25) is 0 Å². The number of carbonyl (C=O) groups excluding carboxylic acids is 1. The van der Waals surface area contributed by atoms with Crippen LogP contribution in [-0.2, 0) is 0 Å². The minimum absolute atomic E-state index is 0.491. The van der Waals surface area contributed by atoms with Gasteiger partial charge in [0.05, 0.1) is 19.1 Å². The average Bonchev–Trinajstić information content (AvgIpc) is 2.77. The van der Waals surface area contributed by atoms with E-state index in [4.69, 9.17) is 6.57 Å². The molecule has 0 unspecified atom stereocenters. The summed E-state index contributed by atoms with van der Waals surface area (Å²) in [6.07, 6.45) is 3.81. The Hall–Kier alpha value is -2.41. The summed E-state index contributed by atoms with van der Waals surface area (Å²) in [4.78, 5) is 17.8. The minimum atomic E-state index is 0.491. The second-order valence-electron chi connectivity index (χ2n) is 2.93. The van der Waals surface area contributed by atoms with Gasteiger partial charge in [-0.1, -0.05) is 12.1 Å². The maximum Gasteiger partial charge on any atom is 0.187 e. The summed E-state index contributed by atoms with van der Waals surface area (Å²) < 4.78 is 1.67. The van der Waals surface area contributed by atoms with E-state index in [-0.39, 0.29) is 0 Å². The maximum absolute atomic E-state index is 10.7. The highest BCUT2D eigenvalue weighted by Crippen LogP contribution is 2.16. The van der Waals surface area contributed by atoms with Gasteiger partial charge >= 0.3 is 0 Å². The zero-order valence-electron chi connectivity index (χ0n) is 7.79. The molecule has 72 valence electrons. The van der Waals surface area contributed by atoms with E-state index in [9.17, 15) is 4.79 Å². The van der Waals surface area contributed by atoms with Crippen LogP contribution in [0.1, 0.15) is 10.5 Å². The molecule has 0 saturated carbocycles. The van der Waals surface area contributed by atoms with Gasteiger partial charge in [0.25, 0.3) is 0 Å². The average molecular weight is 197 g/mol. The van der Waals surface area contributed by atoms with E-state index < -0.39 is 0 Å². The third kappa shape index (κ3) is 1.63. The molecule has 0 radical (unpaired) electrons. The molecule has 1 heterocycles. The lowest BCUT2D eigenvalue weighted by Crippen LogP contribution is -1.96. The van der Waals surface area contributed by atoms with Crippen molar-refractivity contribution in [3.8, 4) is 5.69 Å². The Balaban J connectivity index is 2.46. The SMILES string of the molecule is [C-]#[N+]c1ccc(-n2cncc2C=O)cc1. The Kier molecular flexibility index (Phi) is 2.30. The fourth-order valence-electron chi connectivity index (χ4n) is 1.30. The molecule has 4 nitrogen and oxygen atoms in total. The number of hydrogen-bond acceptors (Lipinski definition) is 2. The fourth-order valence-corrected chi connectivity index (χ4v) is 1.30. The summed E-state index contributed by atoms with van der Waals surface area (Å²) in [5, 5.41) is 0. The summed E-state index contributed by atoms with van der Waals surface area (Å²) in [6, 6.07) is 6.97. The highest BCUT2D eigenvalue weighted by atomic mass is 16.1. The van der Waals surface area contributed by atoms with Crippen molar-refractivity contribution in [2.45, 2.75) is 0 Å². The van der Waals surface area contributed by atoms with Gasteiger partial charge in [0, 0.05) is 5.69 Å². The Morgan fingerprint density at radius 1 is 1.33 bits per heavy atom. The predicted octanol–water partition coefficient (Wildman–Crippen LogP) is 2.24. The van der Waals surface area contributed by atoms with Gasteiger partial charge in [-0.2, -0.15) is 0 Å². The molecule has 2 aromatic rings. The number of rotatable bonds is 2. The third-order valence-electron chi connectivity index (χ3n) is 2.04. The van der Waals surface area contributed by atoms with Crippen LogP contribution in [0.4, 0.5) is 5.69 Å². The van der Waals surface area contributed by atoms with E-state index in [0.29, 0.717) is 11.4 Å². The second-order valence-corrected chi connectivity index (χ2v) is 2.93. The fraction of sp³-hybridized carbons (Fsp3) is 0. The van der Waals surface area contributed by atoms with Crippen molar-refractivity contribution < 1.29 is 4.79 Å². The first-order valence-corrected chi connectivity index (χ1v) is 4.30. The predicted molar refractivity (Wildman–Crippen MR) is 55.2 cm³/mol. The molecule has 0 N–H and O–H groups in total. The first-order valence-electron chi connectivity index (χ1n) is 4.30. The topological polar surface area (TPSA) is 39.2 Å². The van der Waals surface area contributed by atoms with E-state index in [0.717, 1.165) is 12.0 Å². The van der Waals surface area contributed by atoms with E-state index in [1.165, 1.54) is 6.20 Å². The van der Waals surface area contributed by atoms with Crippen LogP contribution in [0, 0.1) is 6.57 Å². The Bertz CT molecular complexity index is 520. The first kappa shape index (κ1) is 9.16. The van der Waals surface area contributed by atoms with E-state index >= 15 is 0 Å². The molecule has 0 aliphatic carbocycles. The van der Waals surface area contributed by atoms with Gasteiger partial charge < -0.3 is 0 Å². The van der Waals surface area contributed by atoms with Crippen molar-refractivity contribution in [2.24, 2.45) is 0 Å². The first-order chi connectivity index (χ1) is 7.35. The number of benzene rings is 1. The standard InChI is InChI=1S/C11H7N3O/c1-12-9-2-4-10(5-3-9)14-8-13-6-11(14)7-15/h2-8H. The molecular formula is C11H7N3O. The van der Waals surface area contributed by atoms with E-state index in [1.807, 2.05) is 0 Å². The molecule has 0 aliphatic heterocycles. The Morgan fingerprint density at radius 2 is 2.07 bits per heavy atom. The van der Waals surface area contributed by atoms with Gasteiger partial charge in [0.15, 0.2) is 12.0 Å². The molecule has 1 aromatic heterocycles. The van der Waals surface area contributed by atoms with Crippen molar-refractivity contribution in [1.82, 2.24) is 9.55 Å². The van der Waals surface area contributed by atoms with Crippen LogP contribution in [0.15, 0.2) is 36.8 Å². The number of aromatic nitrogens is 2. The lowest BCUT2D eigenvalue weighted by Gasteiger charge is -2.03. The smallest absolute Gasteiger partial charge is 0.187 e. The molecule has 0 aliphatic rings. The molecule has 15 heavy (non-hydrogen) atoms. The lowest BCUT2D eigenvalue weighted by molar-refractivity contribution is 0.111. The second kappa shape index (κ2) is 3.76. The molecular weight excluding hydrogens is 190 g/mol. The highest BCUT2D eigenvalue weighted by molar-refractivity contribution is 5.73. The van der Waals surface area contributed by atoms with Crippen molar-refractivity contribution in [1.29, 1.82) is 0 Å². The summed E-state index contributed by atoms with van der Waals surface area (Å²) in [5.41, 5.74) is 1.89. The molecule has 0 saturated heterocycles. The summed E-state index contributed by atoms with van der Waals surface area (Å²) in [5.74, 6) is 0. The summed E-state index contributed by atoms with van der Waals surface area (Å²) in [6.45, 7) is 6.82. The number of imidazole rings is 1. The van der Waals surface area contributed by atoms with Gasteiger partial charge in [0.1, 0.15) is 5.69 Å². The largest absolute Gasteiger partial charge is 0.297 e. The summed E-state index contributed by atoms with van der Waals surface area (Å²) >= 11 is 0. The van der Waals surface area contributed by atoms with Gasteiger partial charge in [-0.3, -0.25) is 9.36 Å². The number of nitrogens with zero attached hydrogens (tertiary/aromatic N) is 3. The maximum atomic E-state index is 10.7. The molecule has 0 atom stereocenters. The van der Waals surface area contributed by atoms with E-state index in [1.54, 1.807) is 35.2 Å². The molecule has 0 bridgehead atoms. The van der Waals surface area contributed by atoms with E-state index in [2.05, 4.69) is 9.83 Å². The third-order valence-corrected chi connectivity index (χ3v) is 2.04. The van der Waals surface area contributed by atoms with Crippen molar-refractivity contribution in [2.75, 3.05) is 0 Å². The van der Waals surface area contributed by atoms with Gasteiger partial charge in [-0.25, -0.2) is 9.83 Å². The minimum Gasteiger partial charge on any atom is -0.297 e. The number of carbonyl (C=O) groups is 1. The zero-order valence-corrected chi connectivity index (χ0v) is 7.79. The van der Waals surface area contributed by atoms with Crippen LogP contribution in [0.3, 0.4) is 0 Å². The van der Waals surface area contributed by atoms with Crippen LogP contribution >= 0.6 is 0 Å². The highest BCUT2D eigenvalue weighted by Gasteiger charge is 2.02. The molecule has 4 heteroatoms. The van der Waals surface area contributed by atoms with Crippen LogP contribution in [0.2, 0.25) is 0 Å². The Morgan fingerprint density at radius 3 is 2.67 bits per heavy atom. The van der Waals surface area contributed by atoms with Crippen LogP contribution in [0.25, 0.3) is 10.5 Å². The monoisotopic (exact) mass is 197 g/mol. The quantitative estimate of drug-likeness (QED) is 0.547. The van der Waals surface area contributed by atoms with Crippen LogP contribution < -0.4 is 0 Å². The van der Waals surface area contributed by atoms with Crippen LogP contribution in [-0.4, -0.2) is 15.8 Å². The zero-order chi connectivity index (χ0) is 10.7. The lowest BCUT2D eigenvalue weighted by atomic mass is 10.3. The normalized spacial score (nSPS) is 9.53. The van der Waals surface area contributed by atoms with Crippen LogP contribution in [0.5, 0.6) is 0 Å². The number of aldehydes is 1. The molecule has 0 amide bonds. The molecule has 0 fully saturated rings. The summed E-state index contributed by atoms with van der Waals surface area (Å²) in [7, 11) is 0. The molecule has 0 spiro atoms. The van der Waals surface area contributed by atoms with Crippen molar-refractivity contribution in [3.05, 3.63) is 53.9 Å². The van der Waals surface area contributed by atoms with Crippen molar-refractivity contribution >= 4 is 12.0 Å². The molecule has 2 rings (SSSR count). The van der Waals surface area contributed by atoms with Crippen molar-refractivity contribution in [3.63, 3.8) is 0 Å². The Labute approximate surface area is 86.6 Å². The van der Waals surface area contributed by atoms with Gasteiger partial charge in [-0.15, -0.1) is 0 Å².